The second kappa shape index (κ2) is 8.68. The molecule has 0 unspecified atom stereocenters. The summed E-state index contributed by atoms with van der Waals surface area (Å²) in [5, 5.41) is 13.3. The van der Waals surface area contributed by atoms with Gasteiger partial charge in [-0.1, -0.05) is 37.3 Å². The second-order valence-corrected chi connectivity index (χ2v) is 7.33. The van der Waals surface area contributed by atoms with Crippen LogP contribution in [0.15, 0.2) is 30.3 Å². The smallest absolute Gasteiger partial charge is 0.317 e. The number of aliphatic hydroxyl groups is 1. The van der Waals surface area contributed by atoms with Gasteiger partial charge in [0.15, 0.2) is 0 Å². The van der Waals surface area contributed by atoms with Crippen LogP contribution in [0, 0.1) is 5.92 Å². The van der Waals surface area contributed by atoms with E-state index in [4.69, 9.17) is 4.74 Å². The first-order valence-corrected chi connectivity index (χ1v) is 9.52. The van der Waals surface area contributed by atoms with Crippen molar-refractivity contribution in [3.05, 3.63) is 35.9 Å². The second-order valence-electron chi connectivity index (χ2n) is 7.33. The molecular weight excluding hydrogens is 316 g/mol. The third-order valence-corrected chi connectivity index (χ3v) is 5.64. The number of rotatable bonds is 5. The van der Waals surface area contributed by atoms with Crippen LogP contribution in [-0.2, 0) is 4.74 Å². The molecule has 2 aliphatic rings. The first kappa shape index (κ1) is 18.2. The molecule has 0 radical (unpaired) electrons. The molecule has 2 fully saturated rings. The van der Waals surface area contributed by atoms with Crippen LogP contribution in [-0.4, -0.2) is 54.5 Å². The Hall–Kier alpha value is -1.59. The van der Waals surface area contributed by atoms with Crippen LogP contribution in [0.25, 0.3) is 0 Å². The van der Waals surface area contributed by atoms with Crippen molar-refractivity contribution < 1.29 is 14.6 Å². The van der Waals surface area contributed by atoms with Crippen molar-refractivity contribution in [1.82, 2.24) is 10.2 Å². The van der Waals surface area contributed by atoms with E-state index in [0.717, 1.165) is 25.8 Å². The molecule has 1 aromatic carbocycles. The van der Waals surface area contributed by atoms with Crippen molar-refractivity contribution in [2.75, 3.05) is 26.3 Å². The van der Waals surface area contributed by atoms with Gasteiger partial charge >= 0.3 is 6.03 Å². The van der Waals surface area contributed by atoms with Crippen molar-refractivity contribution >= 4 is 6.03 Å². The zero-order valence-electron chi connectivity index (χ0n) is 15.1. The lowest BCUT2D eigenvalue weighted by molar-refractivity contribution is -0.0576. The Balaban J connectivity index is 1.48. The average molecular weight is 346 g/mol. The van der Waals surface area contributed by atoms with Gasteiger partial charge in [0.2, 0.25) is 0 Å². The predicted octanol–water partition coefficient (Wildman–Crippen LogP) is 2.75. The number of likely N-dealkylation sites (tertiary alicyclic amines) is 1. The highest BCUT2D eigenvalue weighted by atomic mass is 16.5. The Morgan fingerprint density at radius 2 is 2.16 bits per heavy atom. The number of ether oxygens (including phenoxy) is 1. The quantitative estimate of drug-likeness (QED) is 0.862. The average Bonchev–Trinajstić information content (AvgIpc) is 3.12. The van der Waals surface area contributed by atoms with Crippen LogP contribution in [0.2, 0.25) is 0 Å². The van der Waals surface area contributed by atoms with Gasteiger partial charge in [-0.15, -0.1) is 0 Å². The number of nitrogens with zero attached hydrogens (tertiary/aromatic N) is 1. The number of urea groups is 1. The molecule has 0 saturated carbocycles. The molecule has 0 spiro atoms. The molecule has 1 aromatic rings. The highest BCUT2D eigenvalue weighted by Crippen LogP contribution is 2.29. The largest absolute Gasteiger partial charge is 0.393 e. The number of nitrogens with one attached hydrogen (secondary N) is 1. The van der Waals surface area contributed by atoms with Gasteiger partial charge in [0.1, 0.15) is 0 Å². The zero-order chi connectivity index (χ0) is 17.6. The summed E-state index contributed by atoms with van der Waals surface area (Å²) in [4.78, 5) is 14.5. The minimum atomic E-state index is -0.356. The normalized spacial score (nSPS) is 27.9. The van der Waals surface area contributed by atoms with Gasteiger partial charge in [-0.05, 0) is 37.2 Å². The first-order valence-electron chi connectivity index (χ1n) is 9.52. The van der Waals surface area contributed by atoms with Crippen molar-refractivity contribution in [1.29, 1.82) is 0 Å². The molecule has 2 aliphatic heterocycles. The number of benzene rings is 1. The lowest BCUT2D eigenvalue weighted by atomic mass is 9.89. The molecule has 25 heavy (non-hydrogen) atoms. The molecule has 2 saturated heterocycles. The fraction of sp³-hybridized carbons (Fsp3) is 0.650. The Kier molecular flexibility index (Phi) is 6.32. The molecule has 5 heteroatoms. The third-order valence-electron chi connectivity index (χ3n) is 5.64. The number of carbonyl (C=O) groups excluding carboxylic acids is 1. The molecule has 138 valence electrons. The molecule has 0 bridgehead atoms. The van der Waals surface area contributed by atoms with E-state index in [0.29, 0.717) is 32.1 Å². The van der Waals surface area contributed by atoms with Gasteiger partial charge in [-0.3, -0.25) is 0 Å². The predicted molar refractivity (Wildman–Crippen MR) is 97.5 cm³/mol. The van der Waals surface area contributed by atoms with Gasteiger partial charge in [-0.25, -0.2) is 4.79 Å². The molecule has 2 N–H and O–H groups in total. The third kappa shape index (κ3) is 4.53. The van der Waals surface area contributed by atoms with E-state index in [1.165, 1.54) is 5.56 Å². The number of aliphatic hydroxyl groups excluding tert-OH is 1. The molecule has 2 amide bonds. The summed E-state index contributed by atoms with van der Waals surface area (Å²) in [5.74, 6) is 0.467. The number of hydrogen-bond acceptors (Lipinski definition) is 3. The Morgan fingerprint density at radius 1 is 1.36 bits per heavy atom. The van der Waals surface area contributed by atoms with Crippen LogP contribution in [0.3, 0.4) is 0 Å². The number of carbonyl (C=O) groups is 1. The van der Waals surface area contributed by atoms with Crippen LogP contribution >= 0.6 is 0 Å². The summed E-state index contributed by atoms with van der Waals surface area (Å²) in [5.41, 5.74) is 1.30. The Morgan fingerprint density at radius 3 is 2.92 bits per heavy atom. The van der Waals surface area contributed by atoms with E-state index in [1.54, 1.807) is 0 Å². The van der Waals surface area contributed by atoms with E-state index >= 15 is 0 Å². The van der Waals surface area contributed by atoms with E-state index in [2.05, 4.69) is 36.5 Å². The maximum Gasteiger partial charge on any atom is 0.317 e. The summed E-state index contributed by atoms with van der Waals surface area (Å²) in [6.45, 7) is 4.81. The fourth-order valence-corrected chi connectivity index (χ4v) is 4.05. The van der Waals surface area contributed by atoms with E-state index in [9.17, 15) is 9.90 Å². The molecule has 2 heterocycles. The summed E-state index contributed by atoms with van der Waals surface area (Å²) >= 11 is 0. The maximum absolute atomic E-state index is 12.6. The molecular formula is C20H30N2O3. The van der Waals surface area contributed by atoms with Crippen molar-refractivity contribution in [2.24, 2.45) is 5.92 Å². The van der Waals surface area contributed by atoms with E-state index in [-0.39, 0.29) is 24.1 Å². The monoisotopic (exact) mass is 346 g/mol. The maximum atomic E-state index is 12.6. The lowest BCUT2D eigenvalue weighted by Crippen LogP contribution is -2.51. The van der Waals surface area contributed by atoms with Crippen LogP contribution in [0.5, 0.6) is 0 Å². The fourth-order valence-electron chi connectivity index (χ4n) is 4.05. The van der Waals surface area contributed by atoms with E-state index < -0.39 is 0 Å². The van der Waals surface area contributed by atoms with Gasteiger partial charge in [-0.2, -0.15) is 0 Å². The topological polar surface area (TPSA) is 61.8 Å². The van der Waals surface area contributed by atoms with Crippen molar-refractivity contribution in [2.45, 2.75) is 50.7 Å². The molecule has 5 nitrogen and oxygen atoms in total. The molecule has 0 aromatic heterocycles. The summed E-state index contributed by atoms with van der Waals surface area (Å²) in [6.07, 6.45) is 3.19. The van der Waals surface area contributed by atoms with Crippen LogP contribution in [0.1, 0.15) is 44.1 Å². The van der Waals surface area contributed by atoms with Gasteiger partial charge in [0.05, 0.1) is 12.7 Å². The zero-order valence-corrected chi connectivity index (χ0v) is 15.1. The number of hydrogen-bond donors (Lipinski definition) is 2. The van der Waals surface area contributed by atoms with Gasteiger partial charge in [0, 0.05) is 31.7 Å². The minimum absolute atomic E-state index is 0.000496. The summed E-state index contributed by atoms with van der Waals surface area (Å²) < 4.78 is 5.54. The molecule has 3 rings (SSSR count). The molecule has 4 atom stereocenters. The van der Waals surface area contributed by atoms with Crippen molar-refractivity contribution in [3.63, 3.8) is 0 Å². The SMILES string of the molecule is C[C@H](CCNC(=O)N1CCC[C@@H]1[C@@H]1COCC[C@H]1O)c1ccccc1. The lowest BCUT2D eigenvalue weighted by Gasteiger charge is -2.37. The van der Waals surface area contributed by atoms with Crippen LogP contribution < -0.4 is 5.32 Å². The molecule has 0 aliphatic carbocycles. The van der Waals surface area contributed by atoms with Crippen LogP contribution in [0.4, 0.5) is 4.79 Å². The van der Waals surface area contributed by atoms with E-state index in [1.807, 2.05) is 11.0 Å². The summed E-state index contributed by atoms with van der Waals surface area (Å²) in [6, 6.07) is 10.5. The first-order chi connectivity index (χ1) is 12.2. The van der Waals surface area contributed by atoms with Gasteiger partial charge < -0.3 is 20.1 Å². The van der Waals surface area contributed by atoms with Gasteiger partial charge in [0.25, 0.3) is 0 Å². The minimum Gasteiger partial charge on any atom is -0.393 e. The Labute approximate surface area is 150 Å². The Bertz CT molecular complexity index is 551. The summed E-state index contributed by atoms with van der Waals surface area (Å²) in [7, 11) is 0. The standard InChI is InChI=1S/C20H30N2O3/c1-15(16-6-3-2-4-7-16)9-11-21-20(24)22-12-5-8-18(22)17-14-25-13-10-19(17)23/h2-4,6-7,15,17-19,23H,5,8-14H2,1H3,(H,21,24)/t15-,17+,18-,19-/m1/s1. The number of amides is 2. The highest BCUT2D eigenvalue weighted by Gasteiger charge is 2.39. The van der Waals surface area contributed by atoms with Crippen molar-refractivity contribution in [3.8, 4) is 0 Å². The highest BCUT2D eigenvalue weighted by molar-refractivity contribution is 5.74.